The van der Waals surface area contributed by atoms with Crippen molar-refractivity contribution >= 4 is 12.6 Å². The second-order valence-corrected chi connectivity index (χ2v) is 7.35. The van der Waals surface area contributed by atoms with Crippen LogP contribution in [0.25, 0.3) is 0 Å². The van der Waals surface area contributed by atoms with Gasteiger partial charge in [0.2, 0.25) is 0 Å². The van der Waals surface area contributed by atoms with Gasteiger partial charge in [-0.3, -0.25) is 0 Å². The highest BCUT2D eigenvalue weighted by molar-refractivity contribution is 7.81. The molecular weight excluding hydrogens is 200 g/mol. The summed E-state index contributed by atoms with van der Waals surface area (Å²) < 4.78 is 0.317. The fourth-order valence-electron chi connectivity index (χ4n) is 3.79. The number of fused-ring (bicyclic) bond motifs is 2. The summed E-state index contributed by atoms with van der Waals surface area (Å²) in [5.41, 5.74) is 0. The van der Waals surface area contributed by atoms with Crippen molar-refractivity contribution < 1.29 is 0 Å². The zero-order valence-electron chi connectivity index (χ0n) is 10.3. The first-order valence-corrected chi connectivity index (χ1v) is 7.25. The average Bonchev–Trinajstić information content (AvgIpc) is 2.19. The highest BCUT2D eigenvalue weighted by Crippen LogP contribution is 2.46. The largest absolute Gasteiger partial charge is 0.173 e. The lowest BCUT2D eigenvalue weighted by molar-refractivity contribution is 0.169. The van der Waals surface area contributed by atoms with E-state index in [1.54, 1.807) is 0 Å². The number of rotatable bonds is 0. The van der Waals surface area contributed by atoms with Crippen molar-refractivity contribution in [1.82, 2.24) is 0 Å². The van der Waals surface area contributed by atoms with Gasteiger partial charge < -0.3 is 0 Å². The Bertz CT molecular complexity index is 209. The lowest BCUT2D eigenvalue weighted by atomic mass is 9.70. The Morgan fingerprint density at radius 2 is 1.87 bits per heavy atom. The van der Waals surface area contributed by atoms with Crippen molar-refractivity contribution in [2.45, 2.75) is 70.0 Å². The van der Waals surface area contributed by atoms with Gasteiger partial charge in [-0.25, -0.2) is 0 Å². The number of hydrogen-bond donors (Lipinski definition) is 1. The van der Waals surface area contributed by atoms with E-state index in [9.17, 15) is 0 Å². The van der Waals surface area contributed by atoms with Crippen LogP contribution < -0.4 is 0 Å². The SMILES string of the molecule is C[C@@H]1CC2CCCCCC(C)(S)C(C2)C1. The van der Waals surface area contributed by atoms with E-state index in [0.717, 1.165) is 17.8 Å². The average molecular weight is 226 g/mol. The molecule has 2 fully saturated rings. The van der Waals surface area contributed by atoms with Crippen molar-refractivity contribution in [2.75, 3.05) is 0 Å². The Labute approximate surface area is 101 Å². The summed E-state index contributed by atoms with van der Waals surface area (Å²) in [5.74, 6) is 2.84. The van der Waals surface area contributed by atoms with Crippen LogP contribution >= 0.6 is 12.6 Å². The Morgan fingerprint density at radius 1 is 1.07 bits per heavy atom. The second kappa shape index (κ2) is 4.69. The van der Waals surface area contributed by atoms with Crippen molar-refractivity contribution in [2.24, 2.45) is 17.8 Å². The van der Waals surface area contributed by atoms with Crippen LogP contribution in [0, 0.1) is 17.8 Å². The molecule has 88 valence electrons. The maximum absolute atomic E-state index is 4.97. The van der Waals surface area contributed by atoms with Crippen LogP contribution in [0.5, 0.6) is 0 Å². The fourth-order valence-corrected chi connectivity index (χ4v) is 4.16. The van der Waals surface area contributed by atoms with E-state index in [2.05, 4.69) is 13.8 Å². The minimum absolute atomic E-state index is 0.317. The molecule has 2 bridgehead atoms. The molecule has 0 radical (unpaired) electrons. The third kappa shape index (κ3) is 2.93. The molecule has 2 rings (SSSR count). The fraction of sp³-hybridized carbons (Fsp3) is 1.00. The first-order chi connectivity index (χ1) is 7.08. The molecule has 15 heavy (non-hydrogen) atoms. The molecule has 3 unspecified atom stereocenters. The zero-order valence-corrected chi connectivity index (χ0v) is 11.2. The number of hydrogen-bond acceptors (Lipinski definition) is 1. The third-order valence-corrected chi connectivity index (χ3v) is 5.30. The van der Waals surface area contributed by atoms with Crippen LogP contribution in [0.4, 0.5) is 0 Å². The number of thiol groups is 1. The van der Waals surface area contributed by atoms with Gasteiger partial charge in [-0.05, 0) is 43.4 Å². The van der Waals surface area contributed by atoms with Gasteiger partial charge in [0.05, 0.1) is 0 Å². The van der Waals surface area contributed by atoms with E-state index >= 15 is 0 Å². The molecule has 0 heterocycles. The van der Waals surface area contributed by atoms with Crippen molar-refractivity contribution in [3.8, 4) is 0 Å². The molecule has 0 aromatic rings. The molecule has 2 aliphatic carbocycles. The van der Waals surface area contributed by atoms with Gasteiger partial charge in [0, 0.05) is 4.75 Å². The molecule has 0 aliphatic heterocycles. The molecule has 0 saturated heterocycles. The van der Waals surface area contributed by atoms with Crippen LogP contribution in [0.3, 0.4) is 0 Å². The molecule has 0 aromatic carbocycles. The van der Waals surface area contributed by atoms with E-state index in [1.807, 2.05) is 0 Å². The van der Waals surface area contributed by atoms with Crippen molar-refractivity contribution in [3.63, 3.8) is 0 Å². The first kappa shape index (κ1) is 11.8. The van der Waals surface area contributed by atoms with Crippen molar-refractivity contribution in [1.29, 1.82) is 0 Å². The molecule has 4 atom stereocenters. The predicted octanol–water partition coefficient (Wildman–Crippen LogP) is 4.69. The Hall–Kier alpha value is 0.350. The van der Waals surface area contributed by atoms with E-state index in [4.69, 9.17) is 12.6 Å². The summed E-state index contributed by atoms with van der Waals surface area (Å²) in [6.45, 7) is 4.84. The van der Waals surface area contributed by atoms with Gasteiger partial charge in [-0.2, -0.15) is 12.6 Å². The quantitative estimate of drug-likeness (QED) is 0.569. The summed E-state index contributed by atoms with van der Waals surface area (Å²) in [5, 5.41) is 0. The Kier molecular flexibility index (Phi) is 3.70. The Morgan fingerprint density at radius 3 is 2.67 bits per heavy atom. The summed E-state index contributed by atoms with van der Waals surface area (Å²) in [7, 11) is 0. The normalized spacial score (nSPS) is 47.8. The molecule has 1 heteroatoms. The highest BCUT2D eigenvalue weighted by atomic mass is 32.1. The van der Waals surface area contributed by atoms with Gasteiger partial charge >= 0.3 is 0 Å². The summed E-state index contributed by atoms with van der Waals surface area (Å²) in [6.07, 6.45) is 11.5. The monoisotopic (exact) mass is 226 g/mol. The third-order valence-electron chi connectivity index (χ3n) is 4.72. The molecule has 0 spiro atoms. The lowest BCUT2D eigenvalue weighted by Crippen LogP contribution is -2.35. The maximum Gasteiger partial charge on any atom is 0.0130 e. The van der Waals surface area contributed by atoms with E-state index in [0.29, 0.717) is 4.75 Å². The predicted molar refractivity (Wildman–Crippen MR) is 70.5 cm³/mol. The Balaban J connectivity index is 2.10. The summed E-state index contributed by atoms with van der Waals surface area (Å²) in [6, 6.07) is 0. The van der Waals surface area contributed by atoms with Gasteiger partial charge in [-0.15, -0.1) is 0 Å². The smallest absolute Gasteiger partial charge is 0.0130 e. The highest BCUT2D eigenvalue weighted by Gasteiger charge is 2.37. The molecule has 0 nitrogen and oxygen atoms in total. The van der Waals surface area contributed by atoms with E-state index < -0.39 is 0 Å². The molecular formula is C14H26S. The van der Waals surface area contributed by atoms with Crippen LogP contribution in [0.2, 0.25) is 0 Å². The van der Waals surface area contributed by atoms with Crippen LogP contribution in [-0.4, -0.2) is 4.75 Å². The van der Waals surface area contributed by atoms with Gasteiger partial charge in [0.15, 0.2) is 0 Å². The molecule has 0 amide bonds. The zero-order chi connectivity index (χ0) is 10.9. The van der Waals surface area contributed by atoms with Crippen LogP contribution in [-0.2, 0) is 0 Å². The van der Waals surface area contributed by atoms with E-state index in [1.165, 1.54) is 51.4 Å². The summed E-state index contributed by atoms with van der Waals surface area (Å²) in [4.78, 5) is 0. The molecule has 0 aromatic heterocycles. The molecule has 0 N–H and O–H groups in total. The lowest BCUT2D eigenvalue weighted by Gasteiger charge is -2.41. The minimum Gasteiger partial charge on any atom is -0.173 e. The van der Waals surface area contributed by atoms with Crippen molar-refractivity contribution in [3.05, 3.63) is 0 Å². The minimum atomic E-state index is 0.317. The summed E-state index contributed by atoms with van der Waals surface area (Å²) >= 11 is 4.97. The molecule has 2 aliphatic rings. The van der Waals surface area contributed by atoms with E-state index in [-0.39, 0.29) is 0 Å². The van der Waals surface area contributed by atoms with Crippen LogP contribution in [0.15, 0.2) is 0 Å². The van der Waals surface area contributed by atoms with Gasteiger partial charge in [0.25, 0.3) is 0 Å². The van der Waals surface area contributed by atoms with Gasteiger partial charge in [-0.1, -0.05) is 39.5 Å². The first-order valence-electron chi connectivity index (χ1n) is 6.80. The second-order valence-electron chi connectivity index (χ2n) is 6.33. The van der Waals surface area contributed by atoms with Gasteiger partial charge in [0.1, 0.15) is 0 Å². The standard InChI is InChI=1S/C14H26S/c1-11-8-12-6-4-3-5-7-14(2,15)13(9-11)10-12/h11-13,15H,3-10H2,1-2H3/t11-,12?,13?,14?/m1/s1. The van der Waals surface area contributed by atoms with Crippen LogP contribution in [0.1, 0.15) is 65.2 Å². The maximum atomic E-state index is 4.97. The molecule has 2 saturated carbocycles. The topological polar surface area (TPSA) is 0 Å².